The number of anilines is 2. The zero-order valence-electron chi connectivity index (χ0n) is 11.9. The van der Waals surface area contributed by atoms with Crippen molar-refractivity contribution in [1.82, 2.24) is 24.7 Å². The maximum atomic E-state index is 5.38. The average molecular weight is 277 g/mol. The smallest absolute Gasteiger partial charge is 0.204 e. The molecule has 0 bridgehead atoms. The molecule has 0 aliphatic rings. The lowest BCUT2D eigenvalue weighted by Crippen LogP contribution is -2.10. The Balaban J connectivity index is 2.12. The van der Waals surface area contributed by atoms with Crippen LogP contribution in [0, 0.1) is 0 Å². The number of aryl methyl sites for hydroxylation is 1. The van der Waals surface area contributed by atoms with Gasteiger partial charge in [-0.3, -0.25) is 0 Å². The number of nitrogens with zero attached hydrogens (tertiary/aromatic N) is 5. The van der Waals surface area contributed by atoms with Gasteiger partial charge in [-0.2, -0.15) is 0 Å². The van der Waals surface area contributed by atoms with Crippen molar-refractivity contribution in [2.45, 2.75) is 19.9 Å². The van der Waals surface area contributed by atoms with E-state index >= 15 is 0 Å². The minimum atomic E-state index is 0.511. The highest BCUT2D eigenvalue weighted by Crippen LogP contribution is 2.28. The Morgan fingerprint density at radius 3 is 2.60 bits per heavy atom. The van der Waals surface area contributed by atoms with Crippen LogP contribution in [0.3, 0.4) is 0 Å². The van der Waals surface area contributed by atoms with Crippen molar-refractivity contribution >= 4 is 11.6 Å². The van der Waals surface area contributed by atoms with Gasteiger partial charge in [-0.15, -0.1) is 10.2 Å². The summed E-state index contributed by atoms with van der Waals surface area (Å²) in [6, 6.07) is 0. The number of rotatable bonds is 7. The summed E-state index contributed by atoms with van der Waals surface area (Å²) in [5, 5.41) is 14.2. The Morgan fingerprint density at radius 2 is 2.00 bits per heavy atom. The molecule has 0 aliphatic heterocycles. The number of hydrogen-bond acceptors (Lipinski definition) is 7. The summed E-state index contributed by atoms with van der Waals surface area (Å²) in [5.41, 5.74) is 0. The molecule has 0 spiro atoms. The number of ether oxygens (including phenoxy) is 1. The molecule has 0 saturated heterocycles. The van der Waals surface area contributed by atoms with Gasteiger partial charge in [0.15, 0.2) is 17.5 Å². The molecule has 2 aromatic rings. The molecule has 2 heterocycles. The molecule has 0 fully saturated rings. The van der Waals surface area contributed by atoms with E-state index < -0.39 is 0 Å². The van der Waals surface area contributed by atoms with Gasteiger partial charge in [0.05, 0.1) is 13.7 Å². The molecule has 0 amide bonds. The first-order valence-electron chi connectivity index (χ1n) is 6.45. The Hall–Kier alpha value is -2.38. The molecule has 0 aromatic carbocycles. The molecule has 108 valence electrons. The highest BCUT2D eigenvalue weighted by Gasteiger charge is 2.12. The maximum absolute atomic E-state index is 5.38. The number of aromatic nitrogens is 5. The van der Waals surface area contributed by atoms with E-state index in [4.69, 9.17) is 4.74 Å². The number of methoxy groups -OCH3 is 1. The molecular formula is C12H19N7O. The summed E-state index contributed by atoms with van der Waals surface area (Å²) in [4.78, 5) is 8.39. The molecule has 0 aliphatic carbocycles. The van der Waals surface area contributed by atoms with Gasteiger partial charge in [0.2, 0.25) is 5.75 Å². The highest BCUT2D eigenvalue weighted by molar-refractivity contribution is 5.63. The highest BCUT2D eigenvalue weighted by atomic mass is 16.5. The predicted molar refractivity (Wildman–Crippen MR) is 75.7 cm³/mol. The standard InChI is InChI=1S/C12H19N7O/c1-4-5-13-11-10(20-3)12(16-7-15-11)14-6-9-18-17-8-19(9)2/h7-8H,4-6H2,1-3H3,(H2,13,14,15,16). The van der Waals surface area contributed by atoms with E-state index in [1.54, 1.807) is 13.4 Å². The Kier molecular flexibility index (Phi) is 4.70. The third kappa shape index (κ3) is 3.14. The third-order valence-corrected chi connectivity index (χ3v) is 2.77. The van der Waals surface area contributed by atoms with Crippen molar-refractivity contribution in [3.05, 3.63) is 18.5 Å². The summed E-state index contributed by atoms with van der Waals surface area (Å²) in [6.07, 6.45) is 4.16. The first kappa shape index (κ1) is 14.0. The van der Waals surface area contributed by atoms with Crippen LogP contribution in [-0.4, -0.2) is 38.4 Å². The van der Waals surface area contributed by atoms with Crippen LogP contribution in [-0.2, 0) is 13.6 Å². The Labute approximate surface area is 117 Å². The second-order valence-corrected chi connectivity index (χ2v) is 4.24. The van der Waals surface area contributed by atoms with E-state index in [1.807, 2.05) is 11.6 Å². The van der Waals surface area contributed by atoms with Gasteiger partial charge in [0.25, 0.3) is 0 Å². The zero-order valence-corrected chi connectivity index (χ0v) is 11.9. The zero-order chi connectivity index (χ0) is 14.4. The van der Waals surface area contributed by atoms with E-state index in [2.05, 4.69) is 37.7 Å². The van der Waals surface area contributed by atoms with Gasteiger partial charge in [-0.25, -0.2) is 9.97 Å². The summed E-state index contributed by atoms with van der Waals surface area (Å²) in [5.74, 6) is 2.73. The van der Waals surface area contributed by atoms with Crippen molar-refractivity contribution in [3.8, 4) is 5.75 Å². The minimum absolute atomic E-state index is 0.511. The lowest BCUT2D eigenvalue weighted by molar-refractivity contribution is 0.414. The van der Waals surface area contributed by atoms with Gasteiger partial charge in [0, 0.05) is 13.6 Å². The summed E-state index contributed by atoms with van der Waals surface area (Å²) < 4.78 is 7.22. The lowest BCUT2D eigenvalue weighted by Gasteiger charge is -2.13. The first-order chi connectivity index (χ1) is 9.76. The van der Waals surface area contributed by atoms with Gasteiger partial charge in [-0.1, -0.05) is 6.92 Å². The van der Waals surface area contributed by atoms with E-state index in [9.17, 15) is 0 Å². The number of nitrogens with one attached hydrogen (secondary N) is 2. The fourth-order valence-corrected chi connectivity index (χ4v) is 1.69. The molecule has 0 unspecified atom stereocenters. The van der Waals surface area contributed by atoms with Crippen LogP contribution >= 0.6 is 0 Å². The molecule has 2 rings (SSSR count). The van der Waals surface area contributed by atoms with Gasteiger partial charge in [-0.05, 0) is 6.42 Å². The fourth-order valence-electron chi connectivity index (χ4n) is 1.69. The quantitative estimate of drug-likeness (QED) is 0.781. The van der Waals surface area contributed by atoms with Crippen LogP contribution in [0.25, 0.3) is 0 Å². The molecule has 8 heteroatoms. The van der Waals surface area contributed by atoms with Gasteiger partial charge < -0.3 is 19.9 Å². The van der Waals surface area contributed by atoms with Crippen LogP contribution < -0.4 is 15.4 Å². The second kappa shape index (κ2) is 6.69. The van der Waals surface area contributed by atoms with Crippen molar-refractivity contribution < 1.29 is 4.74 Å². The van der Waals surface area contributed by atoms with Crippen LogP contribution in [0.5, 0.6) is 5.75 Å². The molecule has 0 atom stereocenters. The van der Waals surface area contributed by atoms with Gasteiger partial charge in [0.1, 0.15) is 12.7 Å². The van der Waals surface area contributed by atoms with Crippen LogP contribution in [0.2, 0.25) is 0 Å². The molecule has 2 aromatic heterocycles. The summed E-state index contributed by atoms with van der Waals surface area (Å²) >= 11 is 0. The molecule has 8 nitrogen and oxygen atoms in total. The predicted octanol–water partition coefficient (Wildman–Crippen LogP) is 1.05. The Bertz CT molecular complexity index is 554. The molecule has 0 radical (unpaired) electrons. The largest absolute Gasteiger partial charge is 0.490 e. The Morgan fingerprint density at radius 1 is 1.25 bits per heavy atom. The summed E-state index contributed by atoms with van der Waals surface area (Å²) in [7, 11) is 3.49. The van der Waals surface area contributed by atoms with Crippen molar-refractivity contribution in [3.63, 3.8) is 0 Å². The van der Waals surface area contributed by atoms with Crippen LogP contribution in [0.1, 0.15) is 19.2 Å². The van der Waals surface area contributed by atoms with E-state index in [1.165, 1.54) is 6.33 Å². The number of hydrogen-bond donors (Lipinski definition) is 2. The van der Waals surface area contributed by atoms with Crippen LogP contribution in [0.15, 0.2) is 12.7 Å². The van der Waals surface area contributed by atoms with E-state index in [0.717, 1.165) is 18.8 Å². The second-order valence-electron chi connectivity index (χ2n) is 4.24. The van der Waals surface area contributed by atoms with Crippen LogP contribution in [0.4, 0.5) is 11.6 Å². The van der Waals surface area contributed by atoms with E-state index in [0.29, 0.717) is 23.9 Å². The monoisotopic (exact) mass is 277 g/mol. The van der Waals surface area contributed by atoms with Gasteiger partial charge >= 0.3 is 0 Å². The molecular weight excluding hydrogens is 258 g/mol. The fraction of sp³-hybridized carbons (Fsp3) is 0.500. The van der Waals surface area contributed by atoms with Crippen molar-refractivity contribution in [2.75, 3.05) is 24.3 Å². The normalized spacial score (nSPS) is 10.3. The SMILES string of the molecule is CCCNc1ncnc(NCc2nncn2C)c1OC. The maximum Gasteiger partial charge on any atom is 0.204 e. The minimum Gasteiger partial charge on any atom is -0.490 e. The average Bonchev–Trinajstić information content (AvgIpc) is 2.88. The molecule has 2 N–H and O–H groups in total. The summed E-state index contributed by atoms with van der Waals surface area (Å²) in [6.45, 7) is 3.43. The van der Waals surface area contributed by atoms with Crippen molar-refractivity contribution in [2.24, 2.45) is 7.05 Å². The molecule has 0 saturated carbocycles. The topological polar surface area (TPSA) is 89.8 Å². The van der Waals surface area contributed by atoms with E-state index in [-0.39, 0.29) is 0 Å². The first-order valence-corrected chi connectivity index (χ1v) is 6.45. The lowest BCUT2D eigenvalue weighted by atomic mass is 10.4. The third-order valence-electron chi connectivity index (χ3n) is 2.77. The molecule has 20 heavy (non-hydrogen) atoms. The van der Waals surface area contributed by atoms with Crippen molar-refractivity contribution in [1.29, 1.82) is 0 Å².